The normalized spacial score (nSPS) is 14.5. The van der Waals surface area contributed by atoms with Crippen LogP contribution in [-0.4, -0.2) is 25.1 Å². The summed E-state index contributed by atoms with van der Waals surface area (Å²) in [6, 6.07) is 7.41. The van der Waals surface area contributed by atoms with Gasteiger partial charge in [-0.2, -0.15) is 0 Å². The fourth-order valence-electron chi connectivity index (χ4n) is 1.65. The third kappa shape index (κ3) is 4.15. The Hall–Kier alpha value is -1.35. The van der Waals surface area contributed by atoms with E-state index in [0.717, 1.165) is 37.2 Å². The molecule has 1 aliphatic carbocycles. The van der Waals surface area contributed by atoms with Crippen LogP contribution in [0.15, 0.2) is 24.3 Å². The summed E-state index contributed by atoms with van der Waals surface area (Å²) in [5.74, 6) is 0.986. The molecule has 3 nitrogen and oxygen atoms in total. The zero-order valence-electron chi connectivity index (χ0n) is 10.9. The molecule has 3 heteroatoms. The molecule has 1 saturated carbocycles. The van der Waals surface area contributed by atoms with E-state index in [1.165, 1.54) is 0 Å². The standard InChI is InChI=1S/C15H20O3/c1-2-10-17-11-9-15(16)12-3-5-13(6-4-12)18-14-7-8-14/h3-6,14H,2,7-11H2,1H3. The molecule has 1 fully saturated rings. The van der Waals surface area contributed by atoms with Crippen molar-refractivity contribution in [3.8, 4) is 5.75 Å². The first-order valence-electron chi connectivity index (χ1n) is 6.67. The highest BCUT2D eigenvalue weighted by Gasteiger charge is 2.23. The predicted molar refractivity (Wildman–Crippen MR) is 70.1 cm³/mol. The van der Waals surface area contributed by atoms with E-state index in [9.17, 15) is 4.79 Å². The third-order valence-corrected chi connectivity index (χ3v) is 2.83. The topological polar surface area (TPSA) is 35.5 Å². The van der Waals surface area contributed by atoms with Crippen LogP contribution in [0.2, 0.25) is 0 Å². The average molecular weight is 248 g/mol. The van der Waals surface area contributed by atoms with Gasteiger partial charge in [-0.1, -0.05) is 6.92 Å². The van der Waals surface area contributed by atoms with Crippen LogP contribution in [0.5, 0.6) is 5.75 Å². The summed E-state index contributed by atoms with van der Waals surface area (Å²) in [7, 11) is 0. The first-order chi connectivity index (χ1) is 8.79. The van der Waals surface area contributed by atoms with E-state index < -0.39 is 0 Å². The Morgan fingerprint density at radius 1 is 1.22 bits per heavy atom. The second-order valence-electron chi connectivity index (χ2n) is 4.63. The van der Waals surface area contributed by atoms with E-state index in [0.29, 0.717) is 19.1 Å². The highest BCUT2D eigenvalue weighted by atomic mass is 16.5. The van der Waals surface area contributed by atoms with Crippen molar-refractivity contribution in [1.29, 1.82) is 0 Å². The lowest BCUT2D eigenvalue weighted by molar-refractivity contribution is 0.0879. The molecule has 0 aromatic heterocycles. The van der Waals surface area contributed by atoms with Crippen molar-refractivity contribution in [2.75, 3.05) is 13.2 Å². The van der Waals surface area contributed by atoms with Crippen LogP contribution in [0.3, 0.4) is 0 Å². The van der Waals surface area contributed by atoms with Crippen LogP contribution in [0, 0.1) is 0 Å². The first-order valence-corrected chi connectivity index (χ1v) is 6.67. The van der Waals surface area contributed by atoms with Gasteiger partial charge in [0.25, 0.3) is 0 Å². The molecule has 0 N–H and O–H groups in total. The molecule has 0 atom stereocenters. The summed E-state index contributed by atoms with van der Waals surface area (Å²) >= 11 is 0. The Kier molecular flexibility index (Phi) is 4.76. The lowest BCUT2D eigenvalue weighted by atomic mass is 10.1. The minimum absolute atomic E-state index is 0.129. The molecule has 1 aromatic rings. The van der Waals surface area contributed by atoms with Gasteiger partial charge in [0.15, 0.2) is 5.78 Å². The van der Waals surface area contributed by atoms with Crippen LogP contribution in [-0.2, 0) is 4.74 Å². The lowest BCUT2D eigenvalue weighted by Gasteiger charge is -2.05. The van der Waals surface area contributed by atoms with Crippen molar-refractivity contribution >= 4 is 5.78 Å². The van der Waals surface area contributed by atoms with Gasteiger partial charge in [-0.3, -0.25) is 4.79 Å². The van der Waals surface area contributed by atoms with Gasteiger partial charge in [0.2, 0.25) is 0 Å². The average Bonchev–Trinajstić information content (AvgIpc) is 3.19. The van der Waals surface area contributed by atoms with Gasteiger partial charge in [0.1, 0.15) is 5.75 Å². The van der Waals surface area contributed by atoms with Crippen molar-refractivity contribution in [1.82, 2.24) is 0 Å². The summed E-state index contributed by atoms with van der Waals surface area (Å²) < 4.78 is 11.0. The smallest absolute Gasteiger partial charge is 0.165 e. The number of carbonyl (C=O) groups is 1. The van der Waals surface area contributed by atoms with Crippen molar-refractivity contribution in [2.45, 2.75) is 38.7 Å². The molecule has 0 amide bonds. The molecule has 0 radical (unpaired) electrons. The zero-order valence-corrected chi connectivity index (χ0v) is 10.9. The molecule has 0 heterocycles. The summed E-state index contributed by atoms with van der Waals surface area (Å²) in [6.45, 7) is 3.29. The van der Waals surface area contributed by atoms with Gasteiger partial charge < -0.3 is 9.47 Å². The molecule has 1 aliphatic rings. The zero-order chi connectivity index (χ0) is 12.8. The van der Waals surface area contributed by atoms with Crippen LogP contribution < -0.4 is 4.74 Å². The Bertz CT molecular complexity index is 379. The first kappa shape index (κ1) is 13.1. The van der Waals surface area contributed by atoms with E-state index in [2.05, 4.69) is 6.92 Å². The lowest BCUT2D eigenvalue weighted by Crippen LogP contribution is -2.05. The van der Waals surface area contributed by atoms with Gasteiger partial charge >= 0.3 is 0 Å². The molecular formula is C15H20O3. The number of ketones is 1. The Balaban J connectivity index is 1.78. The van der Waals surface area contributed by atoms with Crippen LogP contribution in [0.4, 0.5) is 0 Å². The van der Waals surface area contributed by atoms with Crippen LogP contribution in [0.1, 0.15) is 43.0 Å². The molecule has 98 valence electrons. The summed E-state index contributed by atoms with van der Waals surface area (Å²) in [6.07, 6.45) is 4.13. The second-order valence-corrected chi connectivity index (χ2v) is 4.63. The van der Waals surface area contributed by atoms with E-state index in [-0.39, 0.29) is 5.78 Å². The number of ether oxygens (including phenoxy) is 2. The molecule has 2 rings (SSSR count). The van der Waals surface area contributed by atoms with Crippen LogP contribution in [0.25, 0.3) is 0 Å². The number of carbonyl (C=O) groups excluding carboxylic acids is 1. The number of rotatable bonds is 8. The van der Waals surface area contributed by atoms with Crippen LogP contribution >= 0.6 is 0 Å². The monoisotopic (exact) mass is 248 g/mol. The van der Waals surface area contributed by atoms with Gasteiger partial charge in [-0.05, 0) is 43.5 Å². The van der Waals surface area contributed by atoms with E-state index in [4.69, 9.17) is 9.47 Å². The minimum Gasteiger partial charge on any atom is -0.490 e. The Labute approximate surface area is 108 Å². The predicted octanol–water partition coefficient (Wildman–Crippen LogP) is 3.23. The van der Waals surface area contributed by atoms with Crippen molar-refractivity contribution < 1.29 is 14.3 Å². The summed E-state index contributed by atoms with van der Waals surface area (Å²) in [4.78, 5) is 11.8. The molecule has 0 unspecified atom stereocenters. The molecule has 0 aliphatic heterocycles. The minimum atomic E-state index is 0.129. The molecule has 0 bridgehead atoms. The number of Topliss-reactive ketones (excluding diaryl/α,β-unsaturated/α-hetero) is 1. The molecule has 0 saturated heterocycles. The molecular weight excluding hydrogens is 228 g/mol. The van der Waals surface area contributed by atoms with E-state index in [1.54, 1.807) is 0 Å². The largest absolute Gasteiger partial charge is 0.490 e. The highest BCUT2D eigenvalue weighted by molar-refractivity contribution is 5.96. The number of hydrogen-bond donors (Lipinski definition) is 0. The van der Waals surface area contributed by atoms with E-state index >= 15 is 0 Å². The van der Waals surface area contributed by atoms with Crippen molar-refractivity contribution in [3.63, 3.8) is 0 Å². The SMILES string of the molecule is CCCOCCC(=O)c1ccc(OC2CC2)cc1. The van der Waals surface area contributed by atoms with Gasteiger partial charge in [0, 0.05) is 18.6 Å². The fourth-order valence-corrected chi connectivity index (χ4v) is 1.65. The van der Waals surface area contributed by atoms with Crippen molar-refractivity contribution in [3.05, 3.63) is 29.8 Å². The number of hydrogen-bond acceptors (Lipinski definition) is 3. The molecule has 0 spiro atoms. The highest BCUT2D eigenvalue weighted by Crippen LogP contribution is 2.26. The van der Waals surface area contributed by atoms with Gasteiger partial charge in [0.05, 0.1) is 12.7 Å². The maximum Gasteiger partial charge on any atom is 0.165 e. The quantitative estimate of drug-likeness (QED) is 0.523. The van der Waals surface area contributed by atoms with Crippen molar-refractivity contribution in [2.24, 2.45) is 0 Å². The van der Waals surface area contributed by atoms with Gasteiger partial charge in [-0.25, -0.2) is 0 Å². The summed E-state index contributed by atoms with van der Waals surface area (Å²) in [5, 5.41) is 0. The fraction of sp³-hybridized carbons (Fsp3) is 0.533. The maximum absolute atomic E-state index is 11.8. The van der Waals surface area contributed by atoms with Gasteiger partial charge in [-0.15, -0.1) is 0 Å². The third-order valence-electron chi connectivity index (χ3n) is 2.83. The number of benzene rings is 1. The summed E-state index contributed by atoms with van der Waals surface area (Å²) in [5.41, 5.74) is 0.734. The molecule has 1 aromatic carbocycles. The maximum atomic E-state index is 11.8. The Morgan fingerprint density at radius 2 is 1.94 bits per heavy atom. The van der Waals surface area contributed by atoms with E-state index in [1.807, 2.05) is 24.3 Å². The second kappa shape index (κ2) is 6.55. The Morgan fingerprint density at radius 3 is 2.56 bits per heavy atom. The molecule has 18 heavy (non-hydrogen) atoms.